The third-order valence-electron chi connectivity index (χ3n) is 2.73. The average molecular weight is 266 g/mol. The lowest BCUT2D eigenvalue weighted by Crippen LogP contribution is -2.19. The van der Waals surface area contributed by atoms with E-state index in [9.17, 15) is 9.59 Å². The number of carbonyl (C=O) groups excluding carboxylic acids is 2. The number of hydrogen-bond acceptors (Lipinski definition) is 3. The smallest absolute Gasteiger partial charge is 0.381 e. The molecule has 0 saturated heterocycles. The lowest BCUT2D eigenvalue weighted by Gasteiger charge is -2.03. The molecule has 0 aliphatic carbocycles. The third-order valence-corrected chi connectivity index (χ3v) is 3.06. The Morgan fingerprint density at radius 3 is 2.72 bits per heavy atom. The molecule has 0 spiro atoms. The highest BCUT2D eigenvalue weighted by atomic mass is 35.5. The van der Waals surface area contributed by atoms with E-state index in [0.717, 1.165) is 10.9 Å². The average Bonchev–Trinajstić information content (AvgIpc) is 2.68. The van der Waals surface area contributed by atoms with Crippen LogP contribution in [0.3, 0.4) is 0 Å². The van der Waals surface area contributed by atoms with E-state index in [1.807, 2.05) is 6.07 Å². The van der Waals surface area contributed by atoms with E-state index < -0.39 is 11.8 Å². The van der Waals surface area contributed by atoms with Crippen molar-refractivity contribution in [3.8, 4) is 0 Å². The molecule has 2 rings (SSSR count). The highest BCUT2D eigenvalue weighted by molar-refractivity contribution is 6.41. The number of aromatic nitrogens is 1. The molecule has 1 heterocycles. The van der Waals surface area contributed by atoms with Gasteiger partial charge in [-0.05, 0) is 25.1 Å². The monoisotopic (exact) mass is 265 g/mol. The van der Waals surface area contributed by atoms with Crippen LogP contribution < -0.4 is 0 Å². The summed E-state index contributed by atoms with van der Waals surface area (Å²) in [5, 5.41) is 1.29. The summed E-state index contributed by atoms with van der Waals surface area (Å²) in [5.41, 5.74) is 1.08. The summed E-state index contributed by atoms with van der Waals surface area (Å²) in [6.45, 7) is 1.83. The van der Waals surface area contributed by atoms with E-state index in [0.29, 0.717) is 5.02 Å². The highest BCUT2D eigenvalue weighted by Gasteiger charge is 2.22. The molecule has 0 bridgehead atoms. The maximum Gasteiger partial charge on any atom is 0.381 e. The molecular weight excluding hydrogens is 254 g/mol. The van der Waals surface area contributed by atoms with Gasteiger partial charge in [0, 0.05) is 23.0 Å². The predicted molar refractivity (Wildman–Crippen MR) is 68.9 cm³/mol. The molecule has 5 heteroatoms. The quantitative estimate of drug-likeness (QED) is 0.487. The maximum atomic E-state index is 11.9. The largest absolute Gasteiger partial charge is 0.460 e. The Hall–Kier alpha value is -1.81. The van der Waals surface area contributed by atoms with Crippen LogP contribution in [-0.4, -0.2) is 22.9 Å². The van der Waals surface area contributed by atoms with Crippen molar-refractivity contribution in [2.45, 2.75) is 6.92 Å². The van der Waals surface area contributed by atoms with Crippen LogP contribution in [0.4, 0.5) is 0 Å². The Kier molecular flexibility index (Phi) is 3.39. The number of nitrogens with zero attached hydrogens (tertiary/aromatic N) is 1. The molecule has 2 aromatic rings. The summed E-state index contributed by atoms with van der Waals surface area (Å²) in [5.74, 6) is -1.51. The first-order valence-corrected chi connectivity index (χ1v) is 5.89. The minimum absolute atomic E-state index is 0.176. The van der Waals surface area contributed by atoms with Crippen LogP contribution in [-0.2, 0) is 16.6 Å². The van der Waals surface area contributed by atoms with Gasteiger partial charge in [0.25, 0.3) is 5.78 Å². The molecule has 0 amide bonds. The fraction of sp³-hybridized carbons (Fsp3) is 0.231. The zero-order chi connectivity index (χ0) is 13.3. The first kappa shape index (κ1) is 12.6. The number of rotatable bonds is 3. The van der Waals surface area contributed by atoms with E-state index >= 15 is 0 Å². The molecule has 94 valence electrons. The topological polar surface area (TPSA) is 48.3 Å². The highest BCUT2D eigenvalue weighted by Crippen LogP contribution is 2.26. The second kappa shape index (κ2) is 4.82. The SMILES string of the molecule is CCOC(=O)C(=O)c1cc2c(Cl)cccc2n1C. The number of hydrogen-bond donors (Lipinski definition) is 0. The Morgan fingerprint density at radius 2 is 2.11 bits per heavy atom. The second-order valence-corrected chi connectivity index (χ2v) is 4.22. The number of halogens is 1. The molecule has 0 radical (unpaired) electrons. The van der Waals surface area contributed by atoms with Crippen molar-refractivity contribution in [1.29, 1.82) is 0 Å². The Balaban J connectivity index is 2.52. The summed E-state index contributed by atoms with van der Waals surface area (Å²) >= 11 is 6.05. The molecule has 0 aliphatic rings. The molecule has 18 heavy (non-hydrogen) atoms. The molecule has 0 saturated carbocycles. The minimum atomic E-state index is -0.848. The molecule has 0 atom stereocenters. The number of benzene rings is 1. The summed E-state index contributed by atoms with van der Waals surface area (Å²) in [7, 11) is 1.71. The number of esters is 1. The van der Waals surface area contributed by atoms with Gasteiger partial charge in [-0.1, -0.05) is 17.7 Å². The molecule has 1 aromatic heterocycles. The summed E-state index contributed by atoms with van der Waals surface area (Å²) < 4.78 is 6.34. The van der Waals surface area contributed by atoms with Crippen molar-refractivity contribution >= 4 is 34.3 Å². The second-order valence-electron chi connectivity index (χ2n) is 3.81. The van der Waals surface area contributed by atoms with Crippen molar-refractivity contribution in [1.82, 2.24) is 4.57 Å². The van der Waals surface area contributed by atoms with Gasteiger partial charge < -0.3 is 9.30 Å². The third kappa shape index (κ3) is 1.99. The van der Waals surface area contributed by atoms with Crippen molar-refractivity contribution in [2.24, 2.45) is 7.05 Å². The van der Waals surface area contributed by atoms with E-state index in [1.54, 1.807) is 36.7 Å². The van der Waals surface area contributed by atoms with Crippen molar-refractivity contribution < 1.29 is 14.3 Å². The van der Waals surface area contributed by atoms with Crippen LogP contribution in [0.15, 0.2) is 24.3 Å². The van der Waals surface area contributed by atoms with Gasteiger partial charge in [-0.15, -0.1) is 0 Å². The first-order chi connectivity index (χ1) is 8.56. The molecule has 0 fully saturated rings. The van der Waals surface area contributed by atoms with Gasteiger partial charge in [-0.2, -0.15) is 0 Å². The van der Waals surface area contributed by atoms with Crippen LogP contribution in [0, 0.1) is 0 Å². The molecule has 1 aromatic carbocycles. The standard InChI is InChI=1S/C13H12ClNO3/c1-3-18-13(17)12(16)11-7-8-9(14)5-4-6-10(8)15(11)2/h4-7H,3H2,1-2H3. The van der Waals surface area contributed by atoms with Crippen molar-refractivity contribution in [2.75, 3.05) is 6.61 Å². The Morgan fingerprint density at radius 1 is 1.39 bits per heavy atom. The molecular formula is C13H12ClNO3. The van der Waals surface area contributed by atoms with Crippen molar-refractivity contribution in [3.63, 3.8) is 0 Å². The summed E-state index contributed by atoms with van der Waals surface area (Å²) in [6, 6.07) is 6.98. The van der Waals surface area contributed by atoms with Crippen LogP contribution in [0.2, 0.25) is 5.02 Å². The number of aryl methyl sites for hydroxylation is 1. The van der Waals surface area contributed by atoms with Gasteiger partial charge in [0.05, 0.1) is 12.3 Å². The predicted octanol–water partition coefficient (Wildman–Crippen LogP) is 2.58. The number of Topliss-reactive ketones (excluding diaryl/α,β-unsaturated/α-hetero) is 1. The maximum absolute atomic E-state index is 11.9. The van der Waals surface area contributed by atoms with Crippen LogP contribution >= 0.6 is 11.6 Å². The molecule has 0 unspecified atom stereocenters. The molecule has 4 nitrogen and oxygen atoms in total. The number of fused-ring (bicyclic) bond motifs is 1. The molecule has 0 aliphatic heterocycles. The van der Waals surface area contributed by atoms with Gasteiger partial charge in [-0.3, -0.25) is 4.79 Å². The fourth-order valence-corrected chi connectivity index (χ4v) is 2.07. The van der Waals surface area contributed by atoms with Gasteiger partial charge >= 0.3 is 5.97 Å². The zero-order valence-electron chi connectivity index (χ0n) is 10.1. The first-order valence-electron chi connectivity index (χ1n) is 5.51. The minimum Gasteiger partial charge on any atom is -0.460 e. The van der Waals surface area contributed by atoms with Crippen LogP contribution in [0.1, 0.15) is 17.4 Å². The van der Waals surface area contributed by atoms with E-state index in [1.165, 1.54) is 0 Å². The van der Waals surface area contributed by atoms with Gasteiger partial charge in [0.2, 0.25) is 0 Å². The van der Waals surface area contributed by atoms with E-state index in [2.05, 4.69) is 0 Å². The van der Waals surface area contributed by atoms with E-state index in [4.69, 9.17) is 16.3 Å². The zero-order valence-corrected chi connectivity index (χ0v) is 10.8. The fourth-order valence-electron chi connectivity index (χ4n) is 1.84. The lowest BCUT2D eigenvalue weighted by molar-refractivity contribution is -0.137. The van der Waals surface area contributed by atoms with Gasteiger partial charge in [0.1, 0.15) is 0 Å². The number of carbonyl (C=O) groups is 2. The van der Waals surface area contributed by atoms with E-state index in [-0.39, 0.29) is 12.3 Å². The number of ether oxygens (including phenoxy) is 1. The van der Waals surface area contributed by atoms with Crippen LogP contribution in [0.5, 0.6) is 0 Å². The lowest BCUT2D eigenvalue weighted by atomic mass is 10.2. The Labute approximate surface area is 109 Å². The van der Waals surface area contributed by atoms with Gasteiger partial charge in [-0.25, -0.2) is 4.79 Å². The summed E-state index contributed by atoms with van der Waals surface area (Å²) in [6.07, 6.45) is 0. The normalized spacial score (nSPS) is 10.6. The summed E-state index contributed by atoms with van der Waals surface area (Å²) in [4.78, 5) is 23.3. The van der Waals surface area contributed by atoms with Crippen molar-refractivity contribution in [3.05, 3.63) is 35.0 Å². The Bertz CT molecular complexity index is 630. The van der Waals surface area contributed by atoms with Crippen LogP contribution in [0.25, 0.3) is 10.9 Å². The number of ketones is 1. The molecule has 0 N–H and O–H groups in total. The van der Waals surface area contributed by atoms with Gasteiger partial charge in [0.15, 0.2) is 0 Å².